The summed E-state index contributed by atoms with van der Waals surface area (Å²) in [4.78, 5) is 11.3. The van der Waals surface area contributed by atoms with Crippen molar-refractivity contribution in [1.29, 1.82) is 0 Å². The number of aliphatic hydroxyl groups excluding tert-OH is 1. The van der Waals surface area contributed by atoms with Crippen LogP contribution in [0, 0.1) is 0 Å². The van der Waals surface area contributed by atoms with Gasteiger partial charge in [-0.3, -0.25) is 0 Å². The Morgan fingerprint density at radius 3 is 2.87 bits per heavy atom. The SMILES string of the molecule is CCOC(=O)C(F)C(O)c1ccc(Cl)s1. The second kappa shape index (κ2) is 5.44. The van der Waals surface area contributed by atoms with Gasteiger partial charge in [0, 0.05) is 4.88 Å². The molecule has 3 nitrogen and oxygen atoms in total. The Morgan fingerprint density at radius 1 is 1.73 bits per heavy atom. The van der Waals surface area contributed by atoms with Gasteiger partial charge in [0.1, 0.15) is 6.10 Å². The third-order valence-corrected chi connectivity index (χ3v) is 2.98. The van der Waals surface area contributed by atoms with Crippen molar-refractivity contribution < 1.29 is 19.0 Å². The Labute approximate surface area is 95.4 Å². The highest BCUT2D eigenvalue weighted by atomic mass is 35.5. The first-order valence-corrected chi connectivity index (χ1v) is 5.49. The van der Waals surface area contributed by atoms with Crippen LogP contribution in [-0.2, 0) is 9.53 Å². The third-order valence-electron chi connectivity index (χ3n) is 1.67. The first-order chi connectivity index (χ1) is 7.06. The molecule has 0 amide bonds. The highest BCUT2D eigenvalue weighted by Crippen LogP contribution is 2.30. The van der Waals surface area contributed by atoms with Crippen molar-refractivity contribution in [2.24, 2.45) is 0 Å². The molecule has 1 N–H and O–H groups in total. The van der Waals surface area contributed by atoms with Gasteiger partial charge in [-0.25, -0.2) is 9.18 Å². The van der Waals surface area contributed by atoms with Crippen LogP contribution in [0.1, 0.15) is 17.9 Å². The van der Waals surface area contributed by atoms with E-state index in [1.54, 1.807) is 6.92 Å². The number of esters is 1. The van der Waals surface area contributed by atoms with E-state index in [-0.39, 0.29) is 6.61 Å². The van der Waals surface area contributed by atoms with E-state index >= 15 is 0 Å². The number of carbonyl (C=O) groups is 1. The molecule has 15 heavy (non-hydrogen) atoms. The summed E-state index contributed by atoms with van der Waals surface area (Å²) in [7, 11) is 0. The summed E-state index contributed by atoms with van der Waals surface area (Å²) in [5.41, 5.74) is 0. The van der Waals surface area contributed by atoms with E-state index in [0.29, 0.717) is 9.21 Å². The number of ether oxygens (including phenoxy) is 1. The van der Waals surface area contributed by atoms with Gasteiger partial charge in [-0.1, -0.05) is 11.6 Å². The van der Waals surface area contributed by atoms with Gasteiger partial charge in [0.25, 0.3) is 0 Å². The van der Waals surface area contributed by atoms with Crippen LogP contribution in [0.25, 0.3) is 0 Å². The predicted molar refractivity (Wildman–Crippen MR) is 55.8 cm³/mol. The zero-order valence-corrected chi connectivity index (χ0v) is 9.52. The minimum Gasteiger partial charge on any atom is -0.464 e. The van der Waals surface area contributed by atoms with Crippen molar-refractivity contribution in [2.45, 2.75) is 19.2 Å². The summed E-state index contributed by atoms with van der Waals surface area (Å²) >= 11 is 6.65. The Bertz CT molecular complexity index is 342. The van der Waals surface area contributed by atoms with Gasteiger partial charge in [0.05, 0.1) is 10.9 Å². The molecule has 0 aliphatic rings. The number of aliphatic hydroxyl groups is 1. The smallest absolute Gasteiger partial charge is 0.343 e. The highest BCUT2D eigenvalue weighted by Gasteiger charge is 2.29. The maximum atomic E-state index is 13.3. The lowest BCUT2D eigenvalue weighted by atomic mass is 10.2. The lowest BCUT2D eigenvalue weighted by Crippen LogP contribution is -2.25. The molecule has 0 aliphatic heterocycles. The van der Waals surface area contributed by atoms with Crippen LogP contribution in [0.3, 0.4) is 0 Å². The van der Waals surface area contributed by atoms with Crippen LogP contribution in [0.4, 0.5) is 4.39 Å². The Balaban J connectivity index is 2.67. The number of hydrogen-bond acceptors (Lipinski definition) is 4. The molecule has 1 aromatic rings. The van der Waals surface area contributed by atoms with E-state index in [0.717, 1.165) is 11.3 Å². The second-order valence-corrected chi connectivity index (χ2v) is 4.49. The van der Waals surface area contributed by atoms with E-state index < -0.39 is 18.2 Å². The van der Waals surface area contributed by atoms with Crippen LogP contribution in [0.2, 0.25) is 4.34 Å². The molecular weight excluding hydrogens is 243 g/mol. The Morgan fingerprint density at radius 2 is 2.40 bits per heavy atom. The lowest BCUT2D eigenvalue weighted by molar-refractivity contribution is -0.153. The Kier molecular flexibility index (Phi) is 4.50. The minimum absolute atomic E-state index is 0.0805. The van der Waals surface area contributed by atoms with E-state index in [1.165, 1.54) is 12.1 Å². The van der Waals surface area contributed by atoms with Crippen LogP contribution in [0.15, 0.2) is 12.1 Å². The molecule has 84 valence electrons. The molecule has 0 fully saturated rings. The molecule has 0 spiro atoms. The number of hydrogen-bond donors (Lipinski definition) is 1. The topological polar surface area (TPSA) is 46.5 Å². The molecule has 6 heteroatoms. The molecule has 0 aromatic carbocycles. The fourth-order valence-electron chi connectivity index (χ4n) is 0.982. The first-order valence-electron chi connectivity index (χ1n) is 4.30. The maximum absolute atomic E-state index is 13.3. The number of rotatable bonds is 4. The molecule has 0 saturated carbocycles. The van der Waals surface area contributed by atoms with Gasteiger partial charge in [0.2, 0.25) is 6.17 Å². The van der Waals surface area contributed by atoms with E-state index in [4.69, 9.17) is 11.6 Å². The van der Waals surface area contributed by atoms with Gasteiger partial charge in [0.15, 0.2) is 0 Å². The first kappa shape index (κ1) is 12.4. The van der Waals surface area contributed by atoms with Crippen molar-refractivity contribution in [3.8, 4) is 0 Å². The number of alkyl halides is 1. The molecule has 1 aromatic heterocycles. The molecule has 0 bridgehead atoms. The zero-order chi connectivity index (χ0) is 11.4. The second-order valence-electron chi connectivity index (χ2n) is 2.74. The number of thiophene rings is 1. The molecule has 0 saturated heterocycles. The quantitative estimate of drug-likeness (QED) is 0.837. The molecule has 0 radical (unpaired) electrons. The van der Waals surface area contributed by atoms with Crippen molar-refractivity contribution in [3.05, 3.63) is 21.3 Å². The van der Waals surface area contributed by atoms with Crippen molar-refractivity contribution >= 4 is 28.9 Å². The van der Waals surface area contributed by atoms with Crippen LogP contribution in [-0.4, -0.2) is 23.9 Å². The van der Waals surface area contributed by atoms with Gasteiger partial charge >= 0.3 is 5.97 Å². The summed E-state index contributed by atoms with van der Waals surface area (Å²) in [6, 6.07) is 3.01. The van der Waals surface area contributed by atoms with E-state index in [9.17, 15) is 14.3 Å². The maximum Gasteiger partial charge on any atom is 0.343 e. The lowest BCUT2D eigenvalue weighted by Gasteiger charge is -2.12. The van der Waals surface area contributed by atoms with Gasteiger partial charge in [-0.2, -0.15) is 0 Å². The average Bonchev–Trinajstić information content (AvgIpc) is 2.63. The minimum atomic E-state index is -2.07. The Hall–Kier alpha value is -0.650. The fourth-order valence-corrected chi connectivity index (χ4v) is 2.05. The predicted octanol–water partition coefficient (Wildman–Crippen LogP) is 2.34. The van der Waals surface area contributed by atoms with Crippen LogP contribution >= 0.6 is 22.9 Å². The zero-order valence-electron chi connectivity index (χ0n) is 7.94. The normalized spacial score (nSPS) is 14.7. The molecule has 2 atom stereocenters. The third kappa shape index (κ3) is 3.15. The van der Waals surface area contributed by atoms with Gasteiger partial charge in [-0.05, 0) is 19.1 Å². The van der Waals surface area contributed by atoms with Crippen molar-refractivity contribution in [2.75, 3.05) is 6.61 Å². The monoisotopic (exact) mass is 252 g/mol. The largest absolute Gasteiger partial charge is 0.464 e. The van der Waals surface area contributed by atoms with Crippen LogP contribution in [0.5, 0.6) is 0 Å². The molecule has 1 heterocycles. The van der Waals surface area contributed by atoms with Crippen molar-refractivity contribution in [1.82, 2.24) is 0 Å². The molecular formula is C9H10ClFO3S. The standard InChI is InChI=1S/C9H10ClFO3S/c1-2-14-9(13)7(11)8(12)5-3-4-6(10)15-5/h3-4,7-8,12H,2H2,1H3. The van der Waals surface area contributed by atoms with Gasteiger partial charge in [-0.15, -0.1) is 11.3 Å². The summed E-state index contributed by atoms with van der Waals surface area (Å²) in [5.74, 6) is -1.06. The van der Waals surface area contributed by atoms with Gasteiger partial charge < -0.3 is 9.84 Å². The number of halogens is 2. The summed E-state index contributed by atoms with van der Waals surface area (Å²) in [6.45, 7) is 1.65. The number of carbonyl (C=O) groups excluding carboxylic acids is 1. The molecule has 1 rings (SSSR count). The summed E-state index contributed by atoms with van der Waals surface area (Å²) in [5, 5.41) is 9.48. The molecule has 2 unspecified atom stereocenters. The summed E-state index contributed by atoms with van der Waals surface area (Å²) in [6.07, 6.45) is -3.58. The van der Waals surface area contributed by atoms with E-state index in [1.807, 2.05) is 0 Å². The average molecular weight is 253 g/mol. The van der Waals surface area contributed by atoms with Crippen LogP contribution < -0.4 is 0 Å². The fraction of sp³-hybridized carbons (Fsp3) is 0.444. The molecule has 0 aliphatic carbocycles. The summed E-state index contributed by atoms with van der Waals surface area (Å²) < 4.78 is 18.2. The van der Waals surface area contributed by atoms with E-state index in [2.05, 4.69) is 4.74 Å². The highest BCUT2D eigenvalue weighted by molar-refractivity contribution is 7.16. The van der Waals surface area contributed by atoms with Crippen molar-refractivity contribution in [3.63, 3.8) is 0 Å².